The highest BCUT2D eigenvalue weighted by atomic mass is 35.5. The van der Waals surface area contributed by atoms with Crippen LogP contribution in [-0.4, -0.2) is 27.8 Å². The molecule has 2 N–H and O–H groups in total. The Kier molecular flexibility index (Phi) is 6.83. The molecule has 0 saturated heterocycles. The Morgan fingerprint density at radius 2 is 1.73 bits per heavy atom. The van der Waals surface area contributed by atoms with Crippen molar-refractivity contribution in [2.45, 2.75) is 26.9 Å². The molecule has 0 bridgehead atoms. The van der Waals surface area contributed by atoms with Crippen LogP contribution in [0.2, 0.25) is 5.02 Å². The van der Waals surface area contributed by atoms with Crippen LogP contribution in [-0.2, 0) is 6.18 Å². The number of ether oxygens (including phenoxy) is 1. The quantitative estimate of drug-likeness (QED) is 0.411. The molecule has 0 atom stereocenters. The first-order chi connectivity index (χ1) is 15.3. The predicted molar refractivity (Wildman–Crippen MR) is 120 cm³/mol. The maximum Gasteiger partial charge on any atom is 0.416 e. The van der Waals surface area contributed by atoms with Crippen molar-refractivity contribution in [3.8, 4) is 28.1 Å². The summed E-state index contributed by atoms with van der Waals surface area (Å²) in [7, 11) is 0. The van der Waals surface area contributed by atoms with E-state index in [9.17, 15) is 18.0 Å². The highest BCUT2D eigenvalue weighted by molar-refractivity contribution is 6.32. The number of amides is 1. The molecule has 0 fully saturated rings. The first kappa shape index (κ1) is 24.3. The largest absolute Gasteiger partial charge is 0.491 e. The second-order valence-electron chi connectivity index (χ2n) is 8.46. The molecule has 0 aliphatic carbocycles. The van der Waals surface area contributed by atoms with Crippen LogP contribution in [0.5, 0.6) is 5.75 Å². The summed E-state index contributed by atoms with van der Waals surface area (Å²) >= 11 is 6.27. The Bertz CT molecular complexity index is 1160. The zero-order chi connectivity index (χ0) is 24.4. The molecule has 0 unspecified atom stereocenters. The summed E-state index contributed by atoms with van der Waals surface area (Å²) in [6, 6.07) is 9.43. The van der Waals surface area contributed by atoms with E-state index in [0.717, 1.165) is 12.1 Å². The van der Waals surface area contributed by atoms with E-state index in [0.29, 0.717) is 34.1 Å². The number of benzene rings is 2. The number of nitrogens with zero attached hydrogens (tertiary/aromatic N) is 2. The number of anilines is 1. The van der Waals surface area contributed by atoms with E-state index >= 15 is 0 Å². The Hall–Kier alpha value is -3.33. The molecule has 0 aliphatic rings. The molecule has 174 valence electrons. The lowest BCUT2D eigenvalue weighted by Gasteiger charge is -2.20. The van der Waals surface area contributed by atoms with Gasteiger partial charge in [0.1, 0.15) is 5.75 Å². The van der Waals surface area contributed by atoms with Crippen molar-refractivity contribution in [2.75, 3.05) is 11.9 Å². The van der Waals surface area contributed by atoms with Gasteiger partial charge in [0.05, 0.1) is 22.9 Å². The van der Waals surface area contributed by atoms with Crippen LogP contribution in [0.3, 0.4) is 0 Å². The minimum atomic E-state index is -4.49. The third kappa shape index (κ3) is 6.35. The van der Waals surface area contributed by atoms with Gasteiger partial charge in [0.2, 0.25) is 5.95 Å². The van der Waals surface area contributed by atoms with Crippen LogP contribution >= 0.6 is 11.6 Å². The van der Waals surface area contributed by atoms with E-state index in [1.165, 1.54) is 18.3 Å². The van der Waals surface area contributed by atoms with Crippen molar-refractivity contribution >= 4 is 23.6 Å². The van der Waals surface area contributed by atoms with E-state index in [1.807, 2.05) is 20.8 Å². The summed E-state index contributed by atoms with van der Waals surface area (Å²) in [6.45, 7) is 6.43. The standard InChI is InChI=1S/C23H21ClF3N3O3/c1-22(2,3)12-33-18-10-14(6-9-17(18)24)16-11-28-20(30-21(31)32)29-19(16)13-4-7-15(8-5-13)23(25,26)27/h4-11H,12H2,1-3H3,(H,31,32)(H,28,29,30). The molecule has 6 nitrogen and oxygen atoms in total. The molecule has 1 amide bonds. The van der Waals surface area contributed by atoms with Crippen LogP contribution in [0, 0.1) is 5.41 Å². The van der Waals surface area contributed by atoms with Gasteiger partial charge in [0.15, 0.2) is 0 Å². The summed E-state index contributed by atoms with van der Waals surface area (Å²) in [5.41, 5.74) is 0.725. The maximum absolute atomic E-state index is 13.0. The smallest absolute Gasteiger partial charge is 0.416 e. The molecule has 1 heterocycles. The lowest BCUT2D eigenvalue weighted by Crippen LogP contribution is -2.17. The normalized spacial score (nSPS) is 11.8. The topological polar surface area (TPSA) is 84.3 Å². The number of alkyl halides is 3. The molecule has 3 rings (SSSR count). The van der Waals surface area contributed by atoms with Gasteiger partial charge in [-0.25, -0.2) is 14.8 Å². The Morgan fingerprint density at radius 1 is 1.09 bits per heavy atom. The summed E-state index contributed by atoms with van der Waals surface area (Å²) in [5, 5.41) is 11.4. The monoisotopic (exact) mass is 479 g/mol. The van der Waals surface area contributed by atoms with Gasteiger partial charge in [0, 0.05) is 17.3 Å². The molecule has 33 heavy (non-hydrogen) atoms. The molecule has 10 heteroatoms. The van der Waals surface area contributed by atoms with Gasteiger partial charge in [-0.15, -0.1) is 0 Å². The fourth-order valence-electron chi connectivity index (χ4n) is 2.86. The van der Waals surface area contributed by atoms with Gasteiger partial charge in [0.25, 0.3) is 0 Å². The van der Waals surface area contributed by atoms with Crippen molar-refractivity contribution in [1.29, 1.82) is 0 Å². The molecule has 0 saturated carbocycles. The number of nitrogens with one attached hydrogen (secondary N) is 1. The summed E-state index contributed by atoms with van der Waals surface area (Å²) in [4.78, 5) is 19.3. The van der Waals surface area contributed by atoms with Crippen molar-refractivity contribution in [1.82, 2.24) is 9.97 Å². The second-order valence-corrected chi connectivity index (χ2v) is 8.86. The summed E-state index contributed by atoms with van der Waals surface area (Å²) in [5.74, 6) is 0.217. The number of hydrogen-bond acceptors (Lipinski definition) is 4. The number of halogens is 4. The Labute approximate surface area is 193 Å². The molecular weight excluding hydrogens is 459 g/mol. The van der Waals surface area contributed by atoms with E-state index in [-0.39, 0.29) is 17.1 Å². The van der Waals surface area contributed by atoms with Gasteiger partial charge >= 0.3 is 12.3 Å². The number of aromatic nitrogens is 2. The third-order valence-corrected chi connectivity index (χ3v) is 4.71. The third-order valence-electron chi connectivity index (χ3n) is 4.40. The lowest BCUT2D eigenvalue weighted by atomic mass is 9.98. The van der Waals surface area contributed by atoms with Gasteiger partial charge in [-0.3, -0.25) is 5.32 Å². The number of carboxylic acid groups (broad SMARTS) is 1. The summed E-state index contributed by atoms with van der Waals surface area (Å²) < 4.78 is 44.8. The van der Waals surface area contributed by atoms with Crippen LogP contribution < -0.4 is 10.1 Å². The van der Waals surface area contributed by atoms with Gasteiger partial charge < -0.3 is 9.84 Å². The minimum absolute atomic E-state index is 0.113. The van der Waals surface area contributed by atoms with Crippen molar-refractivity contribution in [3.63, 3.8) is 0 Å². The van der Waals surface area contributed by atoms with Crippen LogP contribution in [0.4, 0.5) is 23.9 Å². The molecule has 0 aliphatic heterocycles. The highest BCUT2D eigenvalue weighted by Crippen LogP contribution is 2.37. The fraction of sp³-hybridized carbons (Fsp3) is 0.261. The Morgan fingerprint density at radius 3 is 2.30 bits per heavy atom. The molecule has 2 aromatic carbocycles. The van der Waals surface area contributed by atoms with Crippen molar-refractivity contribution in [2.24, 2.45) is 5.41 Å². The number of hydrogen-bond donors (Lipinski definition) is 2. The highest BCUT2D eigenvalue weighted by Gasteiger charge is 2.30. The summed E-state index contributed by atoms with van der Waals surface area (Å²) in [6.07, 6.45) is -4.47. The van der Waals surface area contributed by atoms with Gasteiger partial charge in [-0.1, -0.05) is 50.6 Å². The van der Waals surface area contributed by atoms with Crippen molar-refractivity contribution in [3.05, 3.63) is 59.2 Å². The van der Waals surface area contributed by atoms with Gasteiger partial charge in [-0.05, 0) is 35.2 Å². The lowest BCUT2D eigenvalue weighted by molar-refractivity contribution is -0.137. The first-order valence-electron chi connectivity index (χ1n) is 9.81. The number of rotatable bonds is 5. The zero-order valence-corrected chi connectivity index (χ0v) is 18.8. The SMILES string of the molecule is CC(C)(C)COc1cc(-c2cnc(NC(=O)O)nc2-c2ccc(C(F)(F)F)cc2)ccc1Cl. The van der Waals surface area contributed by atoms with Crippen molar-refractivity contribution < 1.29 is 27.8 Å². The minimum Gasteiger partial charge on any atom is -0.491 e. The van der Waals surface area contributed by atoms with E-state index < -0.39 is 17.8 Å². The fourth-order valence-corrected chi connectivity index (χ4v) is 3.03. The maximum atomic E-state index is 13.0. The molecule has 3 aromatic rings. The van der Waals surface area contributed by atoms with E-state index in [2.05, 4.69) is 15.3 Å². The Balaban J connectivity index is 2.09. The first-order valence-corrected chi connectivity index (χ1v) is 10.2. The number of carbonyl (C=O) groups is 1. The predicted octanol–water partition coefficient (Wildman–Crippen LogP) is 7.00. The zero-order valence-electron chi connectivity index (χ0n) is 18.0. The average Bonchev–Trinajstić information content (AvgIpc) is 2.72. The molecule has 1 aromatic heterocycles. The molecule has 0 radical (unpaired) electrons. The van der Waals surface area contributed by atoms with Crippen LogP contribution in [0.15, 0.2) is 48.7 Å². The second kappa shape index (κ2) is 9.27. The van der Waals surface area contributed by atoms with Crippen LogP contribution in [0.1, 0.15) is 26.3 Å². The van der Waals surface area contributed by atoms with E-state index in [4.69, 9.17) is 21.4 Å². The average molecular weight is 480 g/mol. The molecule has 0 spiro atoms. The van der Waals surface area contributed by atoms with Gasteiger partial charge in [-0.2, -0.15) is 13.2 Å². The van der Waals surface area contributed by atoms with Crippen LogP contribution in [0.25, 0.3) is 22.4 Å². The van der Waals surface area contributed by atoms with E-state index in [1.54, 1.807) is 18.2 Å². The molecular formula is C23H21ClF3N3O3.